The van der Waals surface area contributed by atoms with Crippen LogP contribution in [0.2, 0.25) is 0 Å². The van der Waals surface area contributed by atoms with Gasteiger partial charge in [0.1, 0.15) is 30.0 Å². The van der Waals surface area contributed by atoms with E-state index in [2.05, 4.69) is 10.6 Å². The number of rotatable bonds is 9. The first-order valence-electron chi connectivity index (χ1n) is 11.3. The predicted octanol–water partition coefficient (Wildman–Crippen LogP) is 2.92. The summed E-state index contributed by atoms with van der Waals surface area (Å²) in [5, 5.41) is 24.5. The number of alkyl carbamates (subject to hydrolysis) is 1. The fourth-order valence-corrected chi connectivity index (χ4v) is 3.44. The second-order valence-electron chi connectivity index (χ2n) is 8.98. The molecule has 0 heterocycles. The van der Waals surface area contributed by atoms with Crippen molar-refractivity contribution in [3.8, 4) is 11.8 Å². The number of carbonyl (C=O) groups excluding carboxylic acids is 3. The molecule has 0 fully saturated rings. The van der Waals surface area contributed by atoms with Crippen molar-refractivity contribution in [2.45, 2.75) is 45.4 Å². The van der Waals surface area contributed by atoms with Crippen LogP contribution in [0.4, 0.5) is 10.5 Å². The van der Waals surface area contributed by atoms with Crippen LogP contribution in [-0.2, 0) is 14.3 Å². The van der Waals surface area contributed by atoms with E-state index in [1.54, 1.807) is 76.2 Å². The monoisotopic (exact) mass is 496 g/mol. The van der Waals surface area contributed by atoms with E-state index in [4.69, 9.17) is 9.47 Å². The standard InChI is InChI=1S/C26H32N4O6/c1-17-8-6-7-9-20(17)22(23(32)28-18-10-12-19(35-5)13-11-18)30(15-14-27)24(33)21(16-31)29-25(34)36-26(2,3)4/h6-13,21-22,31H,15-16H2,1-5H3,(H,28,32)(H,29,34). The second kappa shape index (κ2) is 12.6. The lowest BCUT2D eigenvalue weighted by atomic mass is 9.98. The maximum atomic E-state index is 13.5. The van der Waals surface area contributed by atoms with Gasteiger partial charge in [-0.05, 0) is 63.1 Å². The smallest absolute Gasteiger partial charge is 0.408 e. The van der Waals surface area contributed by atoms with Gasteiger partial charge in [0.2, 0.25) is 5.91 Å². The molecule has 0 spiro atoms. The Hall–Kier alpha value is -4.10. The quantitative estimate of drug-likeness (QED) is 0.453. The van der Waals surface area contributed by atoms with Crippen molar-refractivity contribution in [2.24, 2.45) is 0 Å². The normalized spacial score (nSPS) is 12.5. The fraction of sp³-hybridized carbons (Fsp3) is 0.385. The molecular weight excluding hydrogens is 464 g/mol. The van der Waals surface area contributed by atoms with Gasteiger partial charge in [0.15, 0.2) is 0 Å². The molecule has 2 aromatic carbocycles. The highest BCUT2D eigenvalue weighted by Crippen LogP contribution is 2.27. The van der Waals surface area contributed by atoms with E-state index in [-0.39, 0.29) is 0 Å². The molecule has 3 N–H and O–H groups in total. The Kier molecular flexibility index (Phi) is 9.82. The Bertz CT molecular complexity index is 1100. The average molecular weight is 497 g/mol. The van der Waals surface area contributed by atoms with Crippen LogP contribution in [0.5, 0.6) is 5.75 Å². The highest BCUT2D eigenvalue weighted by atomic mass is 16.6. The fourth-order valence-electron chi connectivity index (χ4n) is 3.44. The van der Waals surface area contributed by atoms with Gasteiger partial charge >= 0.3 is 6.09 Å². The highest BCUT2D eigenvalue weighted by Gasteiger charge is 2.36. The molecule has 0 aliphatic heterocycles. The van der Waals surface area contributed by atoms with Crippen LogP contribution < -0.4 is 15.4 Å². The van der Waals surface area contributed by atoms with Crippen LogP contribution in [0.1, 0.15) is 37.9 Å². The van der Waals surface area contributed by atoms with Crippen molar-refractivity contribution in [3.05, 3.63) is 59.7 Å². The van der Waals surface area contributed by atoms with E-state index in [1.165, 1.54) is 7.11 Å². The third-order valence-corrected chi connectivity index (χ3v) is 5.10. The maximum absolute atomic E-state index is 13.5. The number of nitrogens with zero attached hydrogens (tertiary/aromatic N) is 2. The first-order valence-corrected chi connectivity index (χ1v) is 11.3. The molecule has 10 heteroatoms. The molecule has 0 bridgehead atoms. The van der Waals surface area contributed by atoms with Gasteiger partial charge in [-0.15, -0.1) is 0 Å². The van der Waals surface area contributed by atoms with Crippen LogP contribution >= 0.6 is 0 Å². The lowest BCUT2D eigenvalue weighted by molar-refractivity contribution is -0.140. The van der Waals surface area contributed by atoms with Crippen molar-refractivity contribution in [2.75, 3.05) is 25.6 Å². The third-order valence-electron chi connectivity index (χ3n) is 5.10. The van der Waals surface area contributed by atoms with Gasteiger partial charge in [-0.2, -0.15) is 5.26 Å². The first-order chi connectivity index (χ1) is 17.0. The molecule has 0 aromatic heterocycles. The molecular formula is C26H32N4O6. The minimum atomic E-state index is -1.44. The van der Waals surface area contributed by atoms with E-state index in [0.29, 0.717) is 22.6 Å². The zero-order chi connectivity index (χ0) is 26.9. The molecule has 2 unspecified atom stereocenters. The van der Waals surface area contributed by atoms with Gasteiger partial charge in [0, 0.05) is 5.69 Å². The van der Waals surface area contributed by atoms with Gasteiger partial charge < -0.3 is 30.1 Å². The van der Waals surface area contributed by atoms with Crippen molar-refractivity contribution < 1.29 is 29.0 Å². The largest absolute Gasteiger partial charge is 0.497 e. The maximum Gasteiger partial charge on any atom is 0.408 e. The summed E-state index contributed by atoms with van der Waals surface area (Å²) in [5.74, 6) is -0.793. The summed E-state index contributed by atoms with van der Waals surface area (Å²) in [5.41, 5.74) is 0.820. The Morgan fingerprint density at radius 3 is 2.28 bits per heavy atom. The number of aryl methyl sites for hydroxylation is 1. The second-order valence-corrected chi connectivity index (χ2v) is 8.98. The first kappa shape index (κ1) is 28.1. The van der Waals surface area contributed by atoms with Gasteiger partial charge in [0.05, 0.1) is 19.8 Å². The Morgan fingerprint density at radius 2 is 1.75 bits per heavy atom. The SMILES string of the molecule is COc1ccc(NC(=O)C(c2ccccc2C)N(CC#N)C(=O)C(CO)NC(=O)OC(C)(C)C)cc1. The van der Waals surface area contributed by atoms with Crippen LogP contribution in [0.3, 0.4) is 0 Å². The molecule has 2 atom stereocenters. The van der Waals surface area contributed by atoms with E-state index in [1.807, 2.05) is 6.07 Å². The number of benzene rings is 2. The molecule has 3 amide bonds. The minimum Gasteiger partial charge on any atom is -0.497 e. The summed E-state index contributed by atoms with van der Waals surface area (Å²) in [4.78, 5) is 40.3. The van der Waals surface area contributed by atoms with E-state index in [0.717, 1.165) is 4.90 Å². The Morgan fingerprint density at radius 1 is 1.11 bits per heavy atom. The molecule has 36 heavy (non-hydrogen) atoms. The Labute approximate surface area is 210 Å². The molecule has 2 rings (SSSR count). The summed E-state index contributed by atoms with van der Waals surface area (Å²) in [6.07, 6.45) is -0.915. The van der Waals surface area contributed by atoms with Crippen LogP contribution in [0.15, 0.2) is 48.5 Å². The topological polar surface area (TPSA) is 141 Å². The number of methoxy groups -OCH3 is 1. The number of aliphatic hydroxyl groups is 1. The lowest BCUT2D eigenvalue weighted by Gasteiger charge is -2.33. The number of nitriles is 1. The van der Waals surface area contributed by atoms with Crippen molar-refractivity contribution >= 4 is 23.6 Å². The van der Waals surface area contributed by atoms with E-state index in [9.17, 15) is 24.8 Å². The molecule has 0 saturated heterocycles. The molecule has 2 aromatic rings. The van der Waals surface area contributed by atoms with Crippen molar-refractivity contribution in [1.29, 1.82) is 5.26 Å². The number of hydrogen-bond acceptors (Lipinski definition) is 7. The van der Waals surface area contributed by atoms with Gasteiger partial charge in [-0.3, -0.25) is 9.59 Å². The van der Waals surface area contributed by atoms with Crippen LogP contribution in [0, 0.1) is 18.3 Å². The number of carbonyl (C=O) groups is 3. The Balaban J connectivity index is 2.44. The molecule has 0 aliphatic carbocycles. The van der Waals surface area contributed by atoms with Crippen molar-refractivity contribution in [1.82, 2.24) is 10.2 Å². The lowest BCUT2D eigenvalue weighted by Crippen LogP contribution is -2.54. The predicted molar refractivity (Wildman–Crippen MR) is 133 cm³/mol. The zero-order valence-electron chi connectivity index (χ0n) is 21.1. The number of anilines is 1. The number of aliphatic hydroxyl groups excluding tert-OH is 1. The minimum absolute atomic E-state index is 0.453. The molecule has 10 nitrogen and oxygen atoms in total. The molecule has 0 radical (unpaired) electrons. The van der Waals surface area contributed by atoms with Gasteiger partial charge in [-0.1, -0.05) is 24.3 Å². The number of ether oxygens (including phenoxy) is 2. The van der Waals surface area contributed by atoms with E-state index >= 15 is 0 Å². The van der Waals surface area contributed by atoms with Gasteiger partial charge in [-0.25, -0.2) is 4.79 Å². The summed E-state index contributed by atoms with van der Waals surface area (Å²) >= 11 is 0. The zero-order valence-corrected chi connectivity index (χ0v) is 21.1. The van der Waals surface area contributed by atoms with E-state index < -0.39 is 48.7 Å². The molecule has 0 aliphatic rings. The highest BCUT2D eigenvalue weighted by molar-refractivity contribution is 5.99. The molecule has 0 saturated carbocycles. The third kappa shape index (κ3) is 7.71. The average Bonchev–Trinajstić information content (AvgIpc) is 2.82. The summed E-state index contributed by atoms with van der Waals surface area (Å²) in [6, 6.07) is 12.8. The van der Waals surface area contributed by atoms with Crippen molar-refractivity contribution in [3.63, 3.8) is 0 Å². The summed E-state index contributed by atoms with van der Waals surface area (Å²) in [7, 11) is 1.52. The number of amides is 3. The van der Waals surface area contributed by atoms with Gasteiger partial charge in [0.25, 0.3) is 5.91 Å². The summed E-state index contributed by atoms with van der Waals surface area (Å²) < 4.78 is 10.3. The molecule has 192 valence electrons. The number of nitrogens with one attached hydrogen (secondary N) is 2. The van der Waals surface area contributed by atoms with Crippen LogP contribution in [0.25, 0.3) is 0 Å². The summed E-state index contributed by atoms with van der Waals surface area (Å²) in [6.45, 7) is 5.51. The number of hydrogen-bond donors (Lipinski definition) is 3. The van der Waals surface area contributed by atoms with Crippen LogP contribution in [-0.4, -0.2) is 59.8 Å².